The molecule has 0 saturated carbocycles. The van der Waals surface area contributed by atoms with Gasteiger partial charge in [0.1, 0.15) is 0 Å². The smallest absolute Gasteiger partial charge is 0.201 e. The van der Waals surface area contributed by atoms with Crippen molar-refractivity contribution in [1.82, 2.24) is 4.98 Å². The van der Waals surface area contributed by atoms with Crippen LogP contribution in [0, 0.1) is 11.6 Å². The van der Waals surface area contributed by atoms with Crippen molar-refractivity contribution in [2.24, 2.45) is 0 Å². The van der Waals surface area contributed by atoms with Crippen molar-refractivity contribution in [2.75, 3.05) is 6.61 Å². The average molecular weight is 460 g/mol. The third kappa shape index (κ3) is 10.2. The van der Waals surface area contributed by atoms with Gasteiger partial charge < -0.3 is 4.74 Å². The van der Waals surface area contributed by atoms with Crippen molar-refractivity contribution < 1.29 is 13.5 Å². The highest BCUT2D eigenvalue weighted by atomic mass is 19.2. The van der Waals surface area contributed by atoms with Crippen LogP contribution in [0.2, 0.25) is 0 Å². The van der Waals surface area contributed by atoms with Crippen LogP contribution in [0.25, 0.3) is 11.3 Å². The fraction of sp³-hybridized carbons (Fsp3) is 0.621. The Kier molecular flexibility index (Phi) is 13.7. The van der Waals surface area contributed by atoms with Crippen molar-refractivity contribution >= 4 is 0 Å². The summed E-state index contributed by atoms with van der Waals surface area (Å²) in [5, 5.41) is 0. The molecule has 0 radical (unpaired) electrons. The number of unbranched alkanes of at least 4 members (excludes halogenated alkanes) is 12. The maximum absolute atomic E-state index is 14.7. The molecule has 33 heavy (non-hydrogen) atoms. The van der Waals surface area contributed by atoms with Crippen LogP contribution in [0.4, 0.5) is 8.78 Å². The van der Waals surface area contributed by atoms with Gasteiger partial charge in [-0.25, -0.2) is 4.39 Å². The van der Waals surface area contributed by atoms with Gasteiger partial charge in [0.25, 0.3) is 0 Å². The Morgan fingerprint density at radius 3 is 1.88 bits per heavy atom. The predicted molar refractivity (Wildman–Crippen MR) is 135 cm³/mol. The van der Waals surface area contributed by atoms with Gasteiger partial charge in [0.05, 0.1) is 12.3 Å². The zero-order chi connectivity index (χ0) is 23.7. The molecule has 1 heterocycles. The first-order valence-corrected chi connectivity index (χ1v) is 13.2. The number of nitrogens with zero attached hydrogens (tertiary/aromatic N) is 1. The number of aryl methyl sites for hydroxylation is 1. The van der Waals surface area contributed by atoms with E-state index in [0.29, 0.717) is 12.3 Å². The Morgan fingerprint density at radius 2 is 1.27 bits per heavy atom. The van der Waals surface area contributed by atoms with Gasteiger partial charge in [-0.05, 0) is 43.0 Å². The fourth-order valence-corrected chi connectivity index (χ4v) is 4.10. The lowest BCUT2D eigenvalue weighted by atomic mass is 10.0. The van der Waals surface area contributed by atoms with E-state index in [1.807, 2.05) is 6.07 Å². The maximum atomic E-state index is 14.7. The van der Waals surface area contributed by atoms with Gasteiger partial charge in [-0.2, -0.15) is 4.39 Å². The van der Waals surface area contributed by atoms with E-state index in [0.717, 1.165) is 31.2 Å². The molecule has 1 aromatic carbocycles. The Morgan fingerprint density at radius 1 is 0.667 bits per heavy atom. The van der Waals surface area contributed by atoms with E-state index in [9.17, 15) is 8.78 Å². The second-order valence-corrected chi connectivity index (χ2v) is 9.13. The number of pyridine rings is 1. The molecule has 184 valence electrons. The first-order chi connectivity index (χ1) is 16.2. The Balaban J connectivity index is 1.78. The molecule has 0 spiro atoms. The molecule has 0 amide bonds. The Hall–Kier alpha value is -1.97. The number of benzene rings is 1. The summed E-state index contributed by atoms with van der Waals surface area (Å²) in [6.07, 6.45) is 19.8. The number of hydrogen-bond donors (Lipinski definition) is 0. The van der Waals surface area contributed by atoms with E-state index >= 15 is 0 Å². The number of aromatic nitrogens is 1. The SMILES string of the molecule is CCCCCCCCCOc1ccc(-c2ccc(CCCCCCCCC)cn2)c(F)c1F. The van der Waals surface area contributed by atoms with E-state index in [2.05, 4.69) is 18.8 Å². The lowest BCUT2D eigenvalue weighted by molar-refractivity contribution is 0.285. The molecule has 0 aliphatic heterocycles. The normalized spacial score (nSPS) is 11.2. The number of ether oxygens (including phenoxy) is 1. The number of hydrogen-bond acceptors (Lipinski definition) is 2. The van der Waals surface area contributed by atoms with Crippen molar-refractivity contribution in [3.63, 3.8) is 0 Å². The fourth-order valence-electron chi connectivity index (χ4n) is 4.10. The first kappa shape index (κ1) is 27.3. The summed E-state index contributed by atoms with van der Waals surface area (Å²) in [5.41, 5.74) is 1.77. The molecule has 2 rings (SSSR count). The molecule has 0 unspecified atom stereocenters. The number of halogens is 2. The van der Waals surface area contributed by atoms with Gasteiger partial charge in [0.15, 0.2) is 11.6 Å². The summed E-state index contributed by atoms with van der Waals surface area (Å²) in [7, 11) is 0. The Bertz CT molecular complexity index is 776. The van der Waals surface area contributed by atoms with Crippen molar-refractivity contribution in [1.29, 1.82) is 0 Å². The zero-order valence-electron chi connectivity index (χ0n) is 20.8. The van der Waals surface area contributed by atoms with Crippen LogP contribution in [0.3, 0.4) is 0 Å². The third-order valence-corrected chi connectivity index (χ3v) is 6.22. The summed E-state index contributed by atoms with van der Waals surface area (Å²) < 4.78 is 34.7. The molecule has 2 aromatic rings. The molecule has 4 heteroatoms. The lowest BCUT2D eigenvalue weighted by Gasteiger charge is -2.10. The lowest BCUT2D eigenvalue weighted by Crippen LogP contribution is -2.02. The van der Waals surface area contributed by atoms with E-state index in [1.54, 1.807) is 18.3 Å². The molecular weight excluding hydrogens is 416 g/mol. The molecular formula is C29H43F2NO. The van der Waals surface area contributed by atoms with Crippen LogP contribution in [0.1, 0.15) is 109 Å². The molecule has 0 aliphatic rings. The average Bonchev–Trinajstić information content (AvgIpc) is 2.83. The standard InChI is InChI=1S/C29H43F2NO/c1-3-5-7-9-11-13-15-17-24-18-20-26(32-23-24)25-19-21-27(29(31)28(25)30)33-22-16-14-12-10-8-6-4-2/h18-21,23H,3-17,22H2,1-2H3. The molecule has 0 fully saturated rings. The van der Waals surface area contributed by atoms with Crippen LogP contribution >= 0.6 is 0 Å². The minimum atomic E-state index is -0.926. The minimum absolute atomic E-state index is 0.0159. The molecule has 0 atom stereocenters. The van der Waals surface area contributed by atoms with Crippen LogP contribution in [-0.4, -0.2) is 11.6 Å². The van der Waals surface area contributed by atoms with Crippen molar-refractivity contribution in [3.8, 4) is 17.0 Å². The summed E-state index contributed by atoms with van der Waals surface area (Å²) in [6, 6.07) is 6.84. The van der Waals surface area contributed by atoms with Crippen LogP contribution < -0.4 is 4.74 Å². The van der Waals surface area contributed by atoms with E-state index in [4.69, 9.17) is 4.74 Å². The third-order valence-electron chi connectivity index (χ3n) is 6.22. The molecule has 0 bridgehead atoms. The van der Waals surface area contributed by atoms with Crippen molar-refractivity contribution in [2.45, 2.75) is 110 Å². The highest BCUT2D eigenvalue weighted by molar-refractivity contribution is 5.61. The van der Waals surface area contributed by atoms with Gasteiger partial charge in [0, 0.05) is 11.8 Å². The second kappa shape index (κ2) is 16.6. The number of rotatable bonds is 18. The Labute approximate surface area is 200 Å². The van der Waals surface area contributed by atoms with Gasteiger partial charge in [0.2, 0.25) is 5.82 Å². The topological polar surface area (TPSA) is 22.1 Å². The van der Waals surface area contributed by atoms with Gasteiger partial charge in [-0.1, -0.05) is 97.0 Å². The highest BCUT2D eigenvalue weighted by Crippen LogP contribution is 2.29. The van der Waals surface area contributed by atoms with Crippen LogP contribution in [0.5, 0.6) is 5.75 Å². The first-order valence-electron chi connectivity index (χ1n) is 13.2. The van der Waals surface area contributed by atoms with E-state index in [1.165, 1.54) is 76.7 Å². The summed E-state index contributed by atoms with van der Waals surface area (Å²) in [4.78, 5) is 4.39. The van der Waals surface area contributed by atoms with Crippen molar-refractivity contribution in [3.05, 3.63) is 47.7 Å². The molecule has 0 aliphatic carbocycles. The van der Waals surface area contributed by atoms with Crippen LogP contribution in [-0.2, 0) is 6.42 Å². The van der Waals surface area contributed by atoms with Gasteiger partial charge in [-0.3, -0.25) is 4.98 Å². The second-order valence-electron chi connectivity index (χ2n) is 9.13. The highest BCUT2D eigenvalue weighted by Gasteiger charge is 2.16. The molecule has 0 N–H and O–H groups in total. The van der Waals surface area contributed by atoms with Gasteiger partial charge in [-0.15, -0.1) is 0 Å². The van der Waals surface area contributed by atoms with E-state index < -0.39 is 11.6 Å². The molecule has 0 saturated heterocycles. The minimum Gasteiger partial charge on any atom is -0.490 e. The monoisotopic (exact) mass is 459 g/mol. The predicted octanol–water partition coefficient (Wildman–Crippen LogP) is 9.45. The zero-order valence-corrected chi connectivity index (χ0v) is 20.8. The largest absolute Gasteiger partial charge is 0.490 e. The summed E-state index contributed by atoms with van der Waals surface area (Å²) >= 11 is 0. The van der Waals surface area contributed by atoms with Crippen LogP contribution in [0.15, 0.2) is 30.5 Å². The van der Waals surface area contributed by atoms with E-state index in [-0.39, 0.29) is 11.3 Å². The van der Waals surface area contributed by atoms with Gasteiger partial charge >= 0.3 is 0 Å². The quantitative estimate of drug-likeness (QED) is 0.207. The summed E-state index contributed by atoms with van der Waals surface area (Å²) in [5.74, 6) is -1.83. The summed E-state index contributed by atoms with van der Waals surface area (Å²) in [6.45, 7) is 4.85. The molecule has 1 aromatic heterocycles. The molecule has 2 nitrogen and oxygen atoms in total. The maximum Gasteiger partial charge on any atom is 0.201 e.